The molecule has 1 saturated carbocycles. The molecule has 2 fully saturated rings. The summed E-state index contributed by atoms with van der Waals surface area (Å²) in [6.45, 7) is 10.9. The van der Waals surface area contributed by atoms with Crippen LogP contribution in [0.2, 0.25) is 0 Å². The van der Waals surface area contributed by atoms with Gasteiger partial charge in [0, 0.05) is 5.92 Å². The second kappa shape index (κ2) is 9.74. The summed E-state index contributed by atoms with van der Waals surface area (Å²) in [5.41, 5.74) is -0.108. The van der Waals surface area contributed by atoms with E-state index in [1.54, 1.807) is 20.8 Å². The first-order valence-electron chi connectivity index (χ1n) is 11.2. The molecule has 2 aliphatic rings. The largest absolute Gasteiger partial charge is 0.458 e. The molecule has 166 valence electrons. The van der Waals surface area contributed by atoms with Crippen LogP contribution in [0.3, 0.4) is 0 Å². The van der Waals surface area contributed by atoms with E-state index in [2.05, 4.69) is 0 Å². The van der Waals surface area contributed by atoms with Crippen molar-refractivity contribution in [1.29, 1.82) is 0 Å². The Morgan fingerprint density at radius 2 is 1.76 bits per heavy atom. The molecule has 29 heavy (non-hydrogen) atoms. The molecule has 1 aliphatic heterocycles. The molecule has 7 atom stereocenters. The molecule has 0 bridgehead atoms. The van der Waals surface area contributed by atoms with Crippen LogP contribution in [0.15, 0.2) is 11.6 Å². The van der Waals surface area contributed by atoms with E-state index >= 15 is 0 Å². The van der Waals surface area contributed by atoms with Gasteiger partial charge in [-0.1, -0.05) is 46.6 Å². The molecular formula is C24H40O5. The molecule has 0 unspecified atom stereocenters. The van der Waals surface area contributed by atoms with E-state index in [4.69, 9.17) is 4.74 Å². The van der Waals surface area contributed by atoms with Crippen molar-refractivity contribution in [2.45, 2.75) is 98.4 Å². The third-order valence-electron chi connectivity index (χ3n) is 7.39. The van der Waals surface area contributed by atoms with Gasteiger partial charge in [-0.3, -0.25) is 9.59 Å². The van der Waals surface area contributed by atoms with Crippen molar-refractivity contribution in [3.8, 4) is 0 Å². The predicted molar refractivity (Wildman–Crippen MR) is 113 cm³/mol. The Kier molecular flexibility index (Phi) is 8.08. The average Bonchev–Trinajstić information content (AvgIpc) is 3.41. The second-order valence-electron chi connectivity index (χ2n) is 10.00. The number of ether oxygens (including phenoxy) is 1. The van der Waals surface area contributed by atoms with Crippen molar-refractivity contribution in [2.75, 3.05) is 0 Å². The Labute approximate surface area is 175 Å². The SMILES string of the molecule is C/C=C(\C)[C@@H]1C[C@@H]2C[C@@H]2CCC[C@H](C)[C@H](O)[C@@H](C)C(=O)C(C)(C)[C@@H](O)CC(=O)O1. The van der Waals surface area contributed by atoms with Crippen LogP contribution in [0.1, 0.15) is 80.1 Å². The Morgan fingerprint density at radius 3 is 2.38 bits per heavy atom. The number of fused-ring (bicyclic) bond motifs is 1. The van der Waals surface area contributed by atoms with Gasteiger partial charge in [-0.15, -0.1) is 0 Å². The van der Waals surface area contributed by atoms with Gasteiger partial charge in [-0.25, -0.2) is 0 Å². The molecule has 1 saturated heterocycles. The van der Waals surface area contributed by atoms with Crippen molar-refractivity contribution >= 4 is 11.8 Å². The number of aliphatic hydroxyl groups excluding tert-OH is 2. The molecule has 1 aliphatic carbocycles. The minimum Gasteiger partial charge on any atom is -0.458 e. The van der Waals surface area contributed by atoms with Crippen LogP contribution >= 0.6 is 0 Å². The third kappa shape index (κ3) is 5.91. The van der Waals surface area contributed by atoms with E-state index < -0.39 is 29.5 Å². The summed E-state index contributed by atoms with van der Waals surface area (Å²) >= 11 is 0. The average molecular weight is 409 g/mol. The maximum Gasteiger partial charge on any atom is 0.309 e. The first-order chi connectivity index (χ1) is 13.5. The number of Topliss-reactive ketones (excluding diaryl/α,β-unsaturated/α-hetero) is 1. The summed E-state index contributed by atoms with van der Waals surface area (Å²) in [7, 11) is 0. The standard InChI is InChI=1S/C24H40O5/c1-7-14(2)19-12-18-11-17(18)10-8-9-15(3)22(27)16(4)23(28)24(5,6)20(25)13-21(26)29-19/h7,15-20,22,25,27H,8-13H2,1-6H3/b14-7+/t15-,16+,17-,18-,19-,20-,22-/m0/s1. The van der Waals surface area contributed by atoms with Crippen LogP contribution in [0.5, 0.6) is 0 Å². The van der Waals surface area contributed by atoms with Crippen LogP contribution in [0.25, 0.3) is 0 Å². The summed E-state index contributed by atoms with van der Waals surface area (Å²) in [5.74, 6) is -0.0391. The fraction of sp³-hybridized carbons (Fsp3) is 0.833. The Bertz CT molecular complexity index is 623. The van der Waals surface area contributed by atoms with E-state index in [0.717, 1.165) is 37.7 Å². The number of carbonyl (C=O) groups is 2. The van der Waals surface area contributed by atoms with Crippen LogP contribution in [-0.4, -0.2) is 40.3 Å². The van der Waals surface area contributed by atoms with E-state index in [0.29, 0.717) is 11.8 Å². The van der Waals surface area contributed by atoms with Gasteiger partial charge >= 0.3 is 5.97 Å². The minimum atomic E-state index is -1.15. The number of allylic oxidation sites excluding steroid dienone is 1. The summed E-state index contributed by atoms with van der Waals surface area (Å²) in [6, 6.07) is 0. The zero-order chi connectivity index (χ0) is 21.9. The van der Waals surface area contributed by atoms with Crippen LogP contribution < -0.4 is 0 Å². The first kappa shape index (κ1) is 24.1. The number of hydrogen-bond donors (Lipinski definition) is 2. The van der Waals surface area contributed by atoms with E-state index in [9.17, 15) is 19.8 Å². The molecule has 0 spiro atoms. The molecule has 0 radical (unpaired) electrons. The highest BCUT2D eigenvalue weighted by Gasteiger charge is 2.43. The maximum atomic E-state index is 13.0. The topological polar surface area (TPSA) is 83.8 Å². The molecule has 1 heterocycles. The summed E-state index contributed by atoms with van der Waals surface area (Å²) < 4.78 is 5.74. The zero-order valence-corrected chi connectivity index (χ0v) is 19.0. The van der Waals surface area contributed by atoms with Crippen LogP contribution in [0, 0.1) is 29.1 Å². The Morgan fingerprint density at radius 1 is 1.10 bits per heavy atom. The number of hydrogen-bond acceptors (Lipinski definition) is 5. The summed E-state index contributed by atoms with van der Waals surface area (Å²) in [6.07, 6.45) is 4.60. The zero-order valence-electron chi connectivity index (χ0n) is 19.0. The summed E-state index contributed by atoms with van der Waals surface area (Å²) in [4.78, 5) is 25.6. The van der Waals surface area contributed by atoms with Crippen molar-refractivity contribution in [3.63, 3.8) is 0 Å². The molecule has 0 amide bonds. The molecular weight excluding hydrogens is 368 g/mol. The van der Waals surface area contributed by atoms with E-state index in [-0.39, 0.29) is 24.2 Å². The molecule has 2 N–H and O–H groups in total. The Hall–Kier alpha value is -1.20. The lowest BCUT2D eigenvalue weighted by molar-refractivity contribution is -0.154. The first-order valence-corrected chi connectivity index (χ1v) is 11.2. The number of esters is 1. The number of ketones is 1. The normalized spacial score (nSPS) is 40.1. The number of aliphatic hydroxyl groups is 2. The molecule has 0 aromatic rings. The lowest BCUT2D eigenvalue weighted by atomic mass is 9.73. The van der Waals surface area contributed by atoms with Gasteiger partial charge in [0.1, 0.15) is 11.9 Å². The predicted octanol–water partition coefficient (Wildman–Crippen LogP) is 4.05. The van der Waals surface area contributed by atoms with Crippen LogP contribution in [-0.2, 0) is 14.3 Å². The van der Waals surface area contributed by atoms with E-state index in [1.807, 2.05) is 26.8 Å². The number of carbonyl (C=O) groups excluding carboxylic acids is 2. The monoisotopic (exact) mass is 408 g/mol. The van der Waals surface area contributed by atoms with Crippen molar-refractivity contribution < 1.29 is 24.5 Å². The molecule has 2 rings (SSSR count). The smallest absolute Gasteiger partial charge is 0.309 e. The highest BCUT2D eigenvalue weighted by molar-refractivity contribution is 5.87. The summed E-state index contributed by atoms with van der Waals surface area (Å²) in [5, 5.41) is 21.4. The fourth-order valence-electron chi connectivity index (χ4n) is 4.63. The minimum absolute atomic E-state index is 0.0231. The van der Waals surface area contributed by atoms with Gasteiger partial charge in [-0.05, 0) is 56.4 Å². The second-order valence-corrected chi connectivity index (χ2v) is 10.00. The van der Waals surface area contributed by atoms with Crippen LogP contribution in [0.4, 0.5) is 0 Å². The number of cyclic esters (lactones) is 1. The van der Waals surface area contributed by atoms with E-state index in [1.165, 1.54) is 0 Å². The van der Waals surface area contributed by atoms with Gasteiger partial charge in [0.05, 0.1) is 24.0 Å². The highest BCUT2D eigenvalue weighted by Crippen LogP contribution is 2.47. The van der Waals surface area contributed by atoms with Crippen molar-refractivity contribution in [3.05, 3.63) is 11.6 Å². The lowest BCUT2D eigenvalue weighted by Crippen LogP contribution is -2.45. The molecule has 0 aromatic carbocycles. The maximum absolute atomic E-state index is 13.0. The quantitative estimate of drug-likeness (QED) is 0.505. The fourth-order valence-corrected chi connectivity index (χ4v) is 4.63. The third-order valence-corrected chi connectivity index (χ3v) is 7.39. The Balaban J connectivity index is 2.22. The van der Waals surface area contributed by atoms with Gasteiger partial charge < -0.3 is 14.9 Å². The molecule has 5 heteroatoms. The molecule has 5 nitrogen and oxygen atoms in total. The van der Waals surface area contributed by atoms with Gasteiger partial charge in [0.25, 0.3) is 0 Å². The van der Waals surface area contributed by atoms with Gasteiger partial charge in [0.15, 0.2) is 0 Å². The van der Waals surface area contributed by atoms with Crippen molar-refractivity contribution in [1.82, 2.24) is 0 Å². The van der Waals surface area contributed by atoms with Gasteiger partial charge in [0.2, 0.25) is 0 Å². The van der Waals surface area contributed by atoms with Gasteiger partial charge in [-0.2, -0.15) is 0 Å². The molecule has 0 aromatic heterocycles. The number of rotatable bonds is 1. The van der Waals surface area contributed by atoms with Crippen molar-refractivity contribution in [2.24, 2.45) is 29.1 Å². The highest BCUT2D eigenvalue weighted by atomic mass is 16.5. The lowest BCUT2D eigenvalue weighted by Gasteiger charge is -2.34.